The summed E-state index contributed by atoms with van der Waals surface area (Å²) < 4.78 is 45.3. The van der Waals surface area contributed by atoms with Gasteiger partial charge in [0.05, 0.1) is 24.1 Å². The first-order valence-electron chi connectivity index (χ1n) is 12.9. The van der Waals surface area contributed by atoms with E-state index in [2.05, 4.69) is 15.2 Å². The zero-order chi connectivity index (χ0) is 28.2. The zero-order valence-corrected chi connectivity index (χ0v) is 21.7. The van der Waals surface area contributed by atoms with Gasteiger partial charge in [0.25, 0.3) is 0 Å². The number of aliphatic hydroxyl groups is 1. The normalized spacial score (nSPS) is 16.3. The maximum absolute atomic E-state index is 13.4. The Hall–Kier alpha value is -3.41. The van der Waals surface area contributed by atoms with E-state index in [1.165, 1.54) is 0 Å². The Morgan fingerprint density at radius 1 is 1.21 bits per heavy atom. The quantitative estimate of drug-likeness (QED) is 0.264. The number of nitrogens with zero attached hydrogens (tertiary/aromatic N) is 2. The molecule has 39 heavy (non-hydrogen) atoms. The number of aliphatic carboxylic acids is 1. The van der Waals surface area contributed by atoms with Crippen LogP contribution in [0.3, 0.4) is 0 Å². The zero-order valence-electron chi connectivity index (χ0n) is 21.7. The Balaban J connectivity index is 1.38. The van der Waals surface area contributed by atoms with Crippen LogP contribution in [0, 0.1) is 22.9 Å². The lowest BCUT2D eigenvalue weighted by Crippen LogP contribution is -2.45. The number of fused-ring (bicyclic) bond motifs is 1. The average Bonchev–Trinajstić information content (AvgIpc) is 2.94. The van der Waals surface area contributed by atoms with Crippen molar-refractivity contribution in [1.82, 2.24) is 9.88 Å². The van der Waals surface area contributed by atoms with E-state index in [0.717, 1.165) is 17.5 Å². The number of aliphatic hydroxyl groups excluding tert-OH is 1. The number of hydrogen-bond acceptors (Lipinski definition) is 7. The first-order valence-corrected chi connectivity index (χ1v) is 12.9. The molecule has 1 unspecified atom stereocenters. The van der Waals surface area contributed by atoms with Gasteiger partial charge < -0.3 is 30.9 Å². The molecule has 0 spiro atoms. The van der Waals surface area contributed by atoms with E-state index in [-0.39, 0.29) is 25.1 Å². The van der Waals surface area contributed by atoms with Crippen LogP contribution < -0.4 is 15.8 Å². The van der Waals surface area contributed by atoms with Crippen LogP contribution in [-0.2, 0) is 11.3 Å². The molecule has 5 N–H and O–H groups in total. The fourth-order valence-electron chi connectivity index (χ4n) is 5.27. The summed E-state index contributed by atoms with van der Waals surface area (Å²) in [6.07, 6.45) is 2.01. The number of anilines is 1. The maximum atomic E-state index is 13.4. The van der Waals surface area contributed by atoms with E-state index in [1.54, 1.807) is 31.5 Å². The average molecular weight is 547 g/mol. The molecule has 1 fully saturated rings. The molecule has 4 rings (SSSR count). The SMILES string of the molecule is COc1ccc2ncc(CN)c(C(O)CCC3(C(=O)O)CCN(CCNc4cc(F)c(F)c(F)c4)CC3)c2c1. The summed E-state index contributed by atoms with van der Waals surface area (Å²) >= 11 is 0. The molecule has 1 aromatic heterocycles. The molecular formula is C28H33F3N4O4. The molecule has 1 saturated heterocycles. The molecule has 11 heteroatoms. The van der Waals surface area contributed by atoms with Crippen molar-refractivity contribution in [2.75, 3.05) is 38.6 Å². The fraction of sp³-hybridized carbons (Fsp3) is 0.429. The summed E-state index contributed by atoms with van der Waals surface area (Å²) in [6, 6.07) is 7.18. The van der Waals surface area contributed by atoms with Crippen molar-refractivity contribution in [1.29, 1.82) is 0 Å². The number of likely N-dealkylation sites (tertiary alicyclic amines) is 1. The summed E-state index contributed by atoms with van der Waals surface area (Å²) in [5, 5.41) is 25.0. The number of carboxylic acid groups (broad SMARTS) is 1. The number of methoxy groups -OCH3 is 1. The third-order valence-electron chi connectivity index (χ3n) is 7.66. The topological polar surface area (TPSA) is 121 Å². The van der Waals surface area contributed by atoms with Crippen LogP contribution >= 0.6 is 0 Å². The maximum Gasteiger partial charge on any atom is 0.309 e. The van der Waals surface area contributed by atoms with Crippen molar-refractivity contribution < 1.29 is 32.9 Å². The molecule has 2 aromatic carbocycles. The number of nitrogens with two attached hydrogens (primary N) is 1. The van der Waals surface area contributed by atoms with Crippen molar-refractivity contribution >= 4 is 22.6 Å². The van der Waals surface area contributed by atoms with Gasteiger partial charge in [-0.15, -0.1) is 0 Å². The lowest BCUT2D eigenvalue weighted by atomic mass is 9.74. The highest BCUT2D eigenvalue weighted by atomic mass is 19.2. The molecule has 3 aromatic rings. The number of nitrogens with one attached hydrogen (secondary N) is 1. The number of rotatable bonds is 11. The van der Waals surface area contributed by atoms with Crippen molar-refractivity contribution in [3.8, 4) is 5.75 Å². The van der Waals surface area contributed by atoms with Gasteiger partial charge in [0.15, 0.2) is 17.5 Å². The molecule has 0 amide bonds. The fourth-order valence-corrected chi connectivity index (χ4v) is 5.27. The molecule has 1 aliphatic heterocycles. The van der Waals surface area contributed by atoms with E-state index in [0.29, 0.717) is 61.4 Å². The number of aromatic nitrogens is 1. The number of carbonyl (C=O) groups is 1. The second kappa shape index (κ2) is 12.2. The smallest absolute Gasteiger partial charge is 0.309 e. The number of ether oxygens (including phenoxy) is 1. The highest BCUT2D eigenvalue weighted by Gasteiger charge is 2.41. The van der Waals surface area contributed by atoms with Crippen LogP contribution in [0.1, 0.15) is 42.9 Å². The van der Waals surface area contributed by atoms with E-state index in [4.69, 9.17) is 10.5 Å². The van der Waals surface area contributed by atoms with Gasteiger partial charge in [-0.3, -0.25) is 9.78 Å². The van der Waals surface area contributed by atoms with Gasteiger partial charge in [-0.2, -0.15) is 0 Å². The van der Waals surface area contributed by atoms with Crippen LogP contribution in [0.25, 0.3) is 10.9 Å². The number of halogens is 3. The number of pyridine rings is 1. The minimum atomic E-state index is -1.51. The summed E-state index contributed by atoms with van der Waals surface area (Å²) in [5.74, 6) is -4.32. The molecule has 210 valence electrons. The number of carboxylic acids is 1. The molecule has 0 radical (unpaired) electrons. The first-order chi connectivity index (χ1) is 18.7. The second-order valence-corrected chi connectivity index (χ2v) is 9.95. The van der Waals surface area contributed by atoms with E-state index in [9.17, 15) is 28.2 Å². The number of hydrogen-bond donors (Lipinski definition) is 4. The van der Waals surface area contributed by atoms with Crippen LogP contribution in [0.5, 0.6) is 5.75 Å². The van der Waals surface area contributed by atoms with Crippen LogP contribution in [0.4, 0.5) is 18.9 Å². The predicted octanol–water partition coefficient (Wildman–Crippen LogP) is 4.21. The molecule has 0 aliphatic carbocycles. The number of piperidine rings is 1. The molecule has 1 aliphatic rings. The van der Waals surface area contributed by atoms with Gasteiger partial charge >= 0.3 is 5.97 Å². The Bertz CT molecular complexity index is 1300. The summed E-state index contributed by atoms with van der Waals surface area (Å²) in [5.41, 5.74) is 7.09. The summed E-state index contributed by atoms with van der Waals surface area (Å²) in [7, 11) is 1.55. The largest absolute Gasteiger partial charge is 0.497 e. The van der Waals surface area contributed by atoms with Gasteiger partial charge in [0.1, 0.15) is 5.75 Å². The third-order valence-corrected chi connectivity index (χ3v) is 7.66. The Morgan fingerprint density at radius 2 is 1.90 bits per heavy atom. The Morgan fingerprint density at radius 3 is 2.51 bits per heavy atom. The van der Waals surface area contributed by atoms with E-state index < -0.39 is 34.9 Å². The van der Waals surface area contributed by atoms with Gasteiger partial charge in [0.2, 0.25) is 0 Å². The van der Waals surface area contributed by atoms with Gasteiger partial charge in [-0.25, -0.2) is 13.2 Å². The monoisotopic (exact) mass is 546 g/mol. The van der Waals surface area contributed by atoms with E-state index >= 15 is 0 Å². The van der Waals surface area contributed by atoms with Crippen molar-refractivity contribution in [2.45, 2.75) is 38.3 Å². The molecule has 0 bridgehead atoms. The van der Waals surface area contributed by atoms with Crippen molar-refractivity contribution in [3.63, 3.8) is 0 Å². The van der Waals surface area contributed by atoms with Crippen LogP contribution in [0.2, 0.25) is 0 Å². The van der Waals surface area contributed by atoms with Gasteiger partial charge in [0, 0.05) is 49.0 Å². The second-order valence-electron chi connectivity index (χ2n) is 9.95. The number of benzene rings is 2. The summed E-state index contributed by atoms with van der Waals surface area (Å²) in [6.45, 7) is 2.07. The molecule has 1 atom stereocenters. The minimum absolute atomic E-state index is 0.135. The molecule has 0 saturated carbocycles. The third kappa shape index (κ3) is 6.26. The first kappa shape index (κ1) is 28.6. The minimum Gasteiger partial charge on any atom is -0.497 e. The van der Waals surface area contributed by atoms with Crippen LogP contribution in [0.15, 0.2) is 36.5 Å². The summed E-state index contributed by atoms with van der Waals surface area (Å²) in [4.78, 5) is 18.9. The Kier molecular flexibility index (Phi) is 8.94. The standard InChI is InChI=1S/C28H33F3N4O4/c1-39-19-2-3-23-20(14-19)25(17(15-32)16-34-23)24(36)4-5-28(27(37)38)6-9-35(10-7-28)11-8-33-18-12-21(29)26(31)22(30)13-18/h2-3,12-14,16,24,33,36H,4-11,15,32H2,1H3,(H,37,38). The van der Waals surface area contributed by atoms with Gasteiger partial charge in [-0.1, -0.05) is 0 Å². The van der Waals surface area contributed by atoms with Crippen molar-refractivity contribution in [3.05, 3.63) is 65.1 Å². The molecule has 2 heterocycles. The lowest BCUT2D eigenvalue weighted by Gasteiger charge is -2.39. The lowest BCUT2D eigenvalue weighted by molar-refractivity contribution is -0.153. The Labute approximate surface area is 224 Å². The molecule has 8 nitrogen and oxygen atoms in total. The predicted molar refractivity (Wildman–Crippen MR) is 141 cm³/mol. The van der Waals surface area contributed by atoms with Crippen LogP contribution in [-0.4, -0.2) is 59.4 Å². The van der Waals surface area contributed by atoms with Crippen molar-refractivity contribution in [2.24, 2.45) is 11.1 Å². The highest BCUT2D eigenvalue weighted by Crippen LogP contribution is 2.40. The van der Waals surface area contributed by atoms with E-state index in [1.807, 2.05) is 0 Å². The highest BCUT2D eigenvalue weighted by molar-refractivity contribution is 5.85. The molecular weight excluding hydrogens is 513 g/mol. The van der Waals surface area contributed by atoms with Gasteiger partial charge in [-0.05, 0) is 68.1 Å².